The largest absolute Gasteiger partial charge is 0.494 e. The van der Waals surface area contributed by atoms with Gasteiger partial charge in [0.2, 0.25) is 0 Å². The van der Waals surface area contributed by atoms with Crippen LogP contribution in [-0.2, 0) is 0 Å². The summed E-state index contributed by atoms with van der Waals surface area (Å²) in [6, 6.07) is 8.88. The zero-order valence-electron chi connectivity index (χ0n) is 11.5. The molecular formula is C15H25NO. The fourth-order valence-corrected chi connectivity index (χ4v) is 2.30. The molecule has 1 rings (SSSR count). The summed E-state index contributed by atoms with van der Waals surface area (Å²) in [5.74, 6) is 1.50. The highest BCUT2D eigenvalue weighted by atomic mass is 16.5. The summed E-state index contributed by atoms with van der Waals surface area (Å²) in [6.45, 7) is 10.4. The lowest BCUT2D eigenvalue weighted by atomic mass is 9.91. The number of benzene rings is 1. The van der Waals surface area contributed by atoms with E-state index in [0.29, 0.717) is 12.0 Å². The van der Waals surface area contributed by atoms with Gasteiger partial charge in [-0.15, -0.1) is 0 Å². The van der Waals surface area contributed by atoms with Crippen LogP contribution in [0.2, 0.25) is 0 Å². The summed E-state index contributed by atoms with van der Waals surface area (Å²) < 4.78 is 5.70. The van der Waals surface area contributed by atoms with Gasteiger partial charge in [0, 0.05) is 12.0 Å². The number of likely N-dealkylation sites (N-methyl/N-ethyl adjacent to an activating group) is 1. The minimum atomic E-state index is 0.475. The molecule has 2 heteroatoms. The molecule has 0 fully saturated rings. The molecule has 2 atom stereocenters. The summed E-state index contributed by atoms with van der Waals surface area (Å²) in [6.07, 6.45) is 1.13. The fraction of sp³-hybridized carbons (Fsp3) is 0.600. The van der Waals surface area contributed by atoms with Crippen molar-refractivity contribution < 1.29 is 4.74 Å². The highest BCUT2D eigenvalue weighted by molar-refractivity contribution is 5.36. The molecule has 0 radical (unpaired) electrons. The van der Waals surface area contributed by atoms with Crippen molar-refractivity contribution in [3.05, 3.63) is 29.8 Å². The molecule has 0 aliphatic rings. The maximum atomic E-state index is 5.70. The zero-order chi connectivity index (χ0) is 12.7. The van der Waals surface area contributed by atoms with Crippen molar-refractivity contribution in [3.8, 4) is 5.75 Å². The Balaban J connectivity index is 2.89. The first-order valence-corrected chi connectivity index (χ1v) is 6.69. The molecule has 2 nitrogen and oxygen atoms in total. The standard InChI is InChI=1S/C15H25NO/c1-5-14(16-6-2)12(4)13-10-8-9-11-15(13)17-7-3/h8-12,14,16H,5-7H2,1-4H3. The predicted octanol–water partition coefficient (Wildman–Crippen LogP) is 3.58. The van der Waals surface area contributed by atoms with E-state index in [-0.39, 0.29) is 0 Å². The Kier molecular flexibility index (Phi) is 6.06. The van der Waals surface area contributed by atoms with Crippen LogP contribution < -0.4 is 10.1 Å². The van der Waals surface area contributed by atoms with E-state index in [0.717, 1.165) is 25.3 Å². The molecule has 1 aromatic carbocycles. The van der Waals surface area contributed by atoms with Gasteiger partial charge in [-0.1, -0.05) is 39.0 Å². The monoisotopic (exact) mass is 235 g/mol. The Hall–Kier alpha value is -1.02. The van der Waals surface area contributed by atoms with E-state index < -0.39 is 0 Å². The van der Waals surface area contributed by atoms with Gasteiger partial charge in [-0.2, -0.15) is 0 Å². The van der Waals surface area contributed by atoms with Gasteiger partial charge in [-0.3, -0.25) is 0 Å². The van der Waals surface area contributed by atoms with Crippen LogP contribution in [0.15, 0.2) is 24.3 Å². The average molecular weight is 235 g/mol. The molecule has 0 aromatic heterocycles. The molecule has 0 heterocycles. The SMILES string of the molecule is CCNC(CC)C(C)c1ccccc1OCC. The fourth-order valence-electron chi connectivity index (χ4n) is 2.30. The predicted molar refractivity (Wildman–Crippen MR) is 73.8 cm³/mol. The van der Waals surface area contributed by atoms with Crippen LogP contribution in [0.3, 0.4) is 0 Å². The second-order valence-electron chi connectivity index (χ2n) is 4.33. The van der Waals surface area contributed by atoms with Crippen LogP contribution >= 0.6 is 0 Å². The number of rotatable bonds is 7. The zero-order valence-corrected chi connectivity index (χ0v) is 11.5. The lowest BCUT2D eigenvalue weighted by Gasteiger charge is -2.25. The third kappa shape index (κ3) is 3.74. The van der Waals surface area contributed by atoms with Crippen molar-refractivity contribution in [2.24, 2.45) is 0 Å². The summed E-state index contributed by atoms with van der Waals surface area (Å²) in [5, 5.41) is 3.54. The van der Waals surface area contributed by atoms with Crippen LogP contribution in [-0.4, -0.2) is 19.2 Å². The smallest absolute Gasteiger partial charge is 0.122 e. The van der Waals surface area contributed by atoms with Gasteiger partial charge in [-0.05, 0) is 31.5 Å². The first-order valence-electron chi connectivity index (χ1n) is 6.69. The number of hydrogen-bond acceptors (Lipinski definition) is 2. The molecule has 0 aliphatic heterocycles. The van der Waals surface area contributed by atoms with E-state index in [1.54, 1.807) is 0 Å². The lowest BCUT2D eigenvalue weighted by molar-refractivity contribution is 0.329. The van der Waals surface area contributed by atoms with E-state index in [4.69, 9.17) is 4.74 Å². The van der Waals surface area contributed by atoms with E-state index in [9.17, 15) is 0 Å². The molecule has 1 N–H and O–H groups in total. The molecule has 0 aliphatic carbocycles. The first-order chi connectivity index (χ1) is 8.24. The highest BCUT2D eigenvalue weighted by Gasteiger charge is 2.19. The maximum absolute atomic E-state index is 5.70. The summed E-state index contributed by atoms with van der Waals surface area (Å²) in [7, 11) is 0. The number of para-hydroxylation sites is 1. The molecule has 17 heavy (non-hydrogen) atoms. The summed E-state index contributed by atoms with van der Waals surface area (Å²) in [4.78, 5) is 0. The molecule has 96 valence electrons. The maximum Gasteiger partial charge on any atom is 0.122 e. The van der Waals surface area contributed by atoms with Crippen LogP contribution in [0.4, 0.5) is 0 Å². The Morgan fingerprint density at radius 3 is 2.47 bits per heavy atom. The normalized spacial score (nSPS) is 14.4. The molecule has 0 amide bonds. The second-order valence-corrected chi connectivity index (χ2v) is 4.33. The Morgan fingerprint density at radius 2 is 1.88 bits per heavy atom. The van der Waals surface area contributed by atoms with E-state index >= 15 is 0 Å². The minimum Gasteiger partial charge on any atom is -0.494 e. The number of hydrogen-bond donors (Lipinski definition) is 1. The first kappa shape index (κ1) is 14.0. The molecular weight excluding hydrogens is 210 g/mol. The van der Waals surface area contributed by atoms with Crippen LogP contribution in [0.5, 0.6) is 5.75 Å². The van der Waals surface area contributed by atoms with E-state index in [1.165, 1.54) is 5.56 Å². The average Bonchev–Trinajstić information content (AvgIpc) is 2.36. The van der Waals surface area contributed by atoms with Crippen molar-refractivity contribution in [1.29, 1.82) is 0 Å². The van der Waals surface area contributed by atoms with Gasteiger partial charge in [0.15, 0.2) is 0 Å². The van der Waals surface area contributed by atoms with Crippen molar-refractivity contribution in [2.45, 2.75) is 46.1 Å². The summed E-state index contributed by atoms with van der Waals surface area (Å²) >= 11 is 0. The number of nitrogens with one attached hydrogen (secondary N) is 1. The van der Waals surface area contributed by atoms with Crippen molar-refractivity contribution >= 4 is 0 Å². The van der Waals surface area contributed by atoms with Crippen LogP contribution in [0, 0.1) is 0 Å². The van der Waals surface area contributed by atoms with Crippen molar-refractivity contribution in [1.82, 2.24) is 5.32 Å². The van der Waals surface area contributed by atoms with Gasteiger partial charge >= 0.3 is 0 Å². The minimum absolute atomic E-state index is 0.475. The Bertz CT molecular complexity index is 324. The quantitative estimate of drug-likeness (QED) is 0.780. The van der Waals surface area contributed by atoms with Crippen LogP contribution in [0.25, 0.3) is 0 Å². The Labute approximate surface area is 105 Å². The van der Waals surface area contributed by atoms with Gasteiger partial charge in [0.1, 0.15) is 5.75 Å². The van der Waals surface area contributed by atoms with E-state index in [2.05, 4.69) is 44.3 Å². The highest BCUT2D eigenvalue weighted by Crippen LogP contribution is 2.29. The summed E-state index contributed by atoms with van der Waals surface area (Å²) in [5.41, 5.74) is 1.31. The molecule has 0 spiro atoms. The van der Waals surface area contributed by atoms with Crippen molar-refractivity contribution in [2.75, 3.05) is 13.2 Å². The molecule has 0 saturated heterocycles. The van der Waals surface area contributed by atoms with Gasteiger partial charge in [0.05, 0.1) is 6.61 Å². The van der Waals surface area contributed by atoms with Gasteiger partial charge < -0.3 is 10.1 Å². The van der Waals surface area contributed by atoms with E-state index in [1.807, 2.05) is 13.0 Å². The van der Waals surface area contributed by atoms with Crippen molar-refractivity contribution in [3.63, 3.8) is 0 Å². The second kappa shape index (κ2) is 7.33. The topological polar surface area (TPSA) is 21.3 Å². The molecule has 0 saturated carbocycles. The molecule has 0 bridgehead atoms. The molecule has 2 unspecified atom stereocenters. The van der Waals surface area contributed by atoms with Gasteiger partial charge in [0.25, 0.3) is 0 Å². The third-order valence-electron chi connectivity index (χ3n) is 3.22. The third-order valence-corrected chi connectivity index (χ3v) is 3.22. The number of ether oxygens (including phenoxy) is 1. The molecule has 1 aromatic rings. The van der Waals surface area contributed by atoms with Crippen LogP contribution in [0.1, 0.15) is 45.6 Å². The lowest BCUT2D eigenvalue weighted by Crippen LogP contribution is -2.33. The van der Waals surface area contributed by atoms with Gasteiger partial charge in [-0.25, -0.2) is 0 Å². The Morgan fingerprint density at radius 1 is 1.18 bits per heavy atom.